The molecule has 0 amide bonds. The minimum Gasteiger partial charge on any atom is -0.0928 e. The molecule has 0 saturated carbocycles. The first-order valence-electron chi connectivity index (χ1n) is 5.24. The van der Waals surface area contributed by atoms with Crippen LogP contribution in [0.5, 0.6) is 0 Å². The highest BCUT2D eigenvalue weighted by Gasteiger charge is 2.19. The van der Waals surface area contributed by atoms with E-state index < -0.39 is 8.07 Å². The molecule has 0 unspecified atom stereocenters. The first-order chi connectivity index (χ1) is 6.64. The van der Waals surface area contributed by atoms with Gasteiger partial charge in [-0.15, -0.1) is 0 Å². The molecule has 0 bridgehead atoms. The van der Waals surface area contributed by atoms with Gasteiger partial charge in [-0.1, -0.05) is 71.0 Å². The monoisotopic (exact) mass is 270 g/mol. The lowest BCUT2D eigenvalue weighted by atomic mass is 10.2. The summed E-state index contributed by atoms with van der Waals surface area (Å²) in [5, 5.41) is 1.15. The molecule has 0 spiro atoms. The number of benzene rings is 1. The normalized spacial score (nSPS) is 11.6. The van der Waals surface area contributed by atoms with Crippen molar-refractivity contribution in [3.63, 3.8) is 0 Å². The Morgan fingerprint density at radius 2 is 1.79 bits per heavy atom. The topological polar surface area (TPSA) is 0 Å². The molecule has 14 heavy (non-hydrogen) atoms. The van der Waals surface area contributed by atoms with Gasteiger partial charge in [-0.2, -0.15) is 0 Å². The van der Waals surface area contributed by atoms with Crippen LogP contribution in [0.4, 0.5) is 0 Å². The van der Waals surface area contributed by atoms with Crippen LogP contribution in [-0.2, 0) is 6.04 Å². The first-order valence-corrected chi connectivity index (χ1v) is 9.77. The van der Waals surface area contributed by atoms with Gasteiger partial charge in [-0.05, 0) is 12.5 Å². The maximum absolute atomic E-state index is 3.51. The second-order valence-electron chi connectivity index (χ2n) is 4.62. The molecule has 0 saturated heterocycles. The van der Waals surface area contributed by atoms with Crippen molar-refractivity contribution in [2.75, 3.05) is 5.33 Å². The Morgan fingerprint density at radius 3 is 2.36 bits per heavy atom. The molecule has 2 heteroatoms. The molecule has 78 valence electrons. The summed E-state index contributed by atoms with van der Waals surface area (Å²) in [6.45, 7) is 4.98. The average molecular weight is 271 g/mol. The summed E-state index contributed by atoms with van der Waals surface area (Å²) in [6.07, 6.45) is 1.33. The Hall–Kier alpha value is -0.0831. The van der Waals surface area contributed by atoms with Gasteiger partial charge in [0.25, 0.3) is 0 Å². The third kappa shape index (κ3) is 4.42. The van der Waals surface area contributed by atoms with Crippen molar-refractivity contribution in [1.82, 2.24) is 0 Å². The van der Waals surface area contributed by atoms with E-state index in [1.807, 2.05) is 0 Å². The first kappa shape index (κ1) is 12.0. The minimum absolute atomic E-state index is 0.995. The highest BCUT2D eigenvalue weighted by Crippen LogP contribution is 2.18. The van der Waals surface area contributed by atoms with Gasteiger partial charge in [-0.25, -0.2) is 0 Å². The number of hydrogen-bond donors (Lipinski definition) is 0. The van der Waals surface area contributed by atoms with Crippen LogP contribution in [0.15, 0.2) is 30.3 Å². The zero-order valence-electron chi connectivity index (χ0n) is 9.09. The smallest absolute Gasteiger partial charge is 0.0518 e. The van der Waals surface area contributed by atoms with Gasteiger partial charge in [0.05, 0.1) is 8.07 Å². The van der Waals surface area contributed by atoms with Crippen molar-refractivity contribution in [3.05, 3.63) is 35.9 Å². The van der Waals surface area contributed by atoms with E-state index in [0.29, 0.717) is 0 Å². The lowest BCUT2D eigenvalue weighted by molar-refractivity contribution is 1.05. The molecule has 1 aromatic carbocycles. The van der Waals surface area contributed by atoms with Gasteiger partial charge in [0.2, 0.25) is 0 Å². The second kappa shape index (κ2) is 5.71. The van der Waals surface area contributed by atoms with E-state index in [1.165, 1.54) is 24.1 Å². The quantitative estimate of drug-likeness (QED) is 0.554. The fraction of sp³-hybridized carbons (Fsp3) is 0.500. The van der Waals surface area contributed by atoms with Gasteiger partial charge >= 0.3 is 0 Å². The summed E-state index contributed by atoms with van der Waals surface area (Å²) >= 11 is 3.51. The highest BCUT2D eigenvalue weighted by atomic mass is 79.9. The molecule has 0 aliphatic heterocycles. The maximum Gasteiger partial charge on any atom is 0.0518 e. The molecular weight excluding hydrogens is 252 g/mol. The van der Waals surface area contributed by atoms with Crippen LogP contribution in [0.1, 0.15) is 12.0 Å². The average Bonchev–Trinajstić information content (AvgIpc) is 2.16. The van der Waals surface area contributed by atoms with Gasteiger partial charge in [0.15, 0.2) is 0 Å². The van der Waals surface area contributed by atoms with Gasteiger partial charge in [0, 0.05) is 5.33 Å². The number of alkyl halides is 1. The molecule has 0 N–H and O–H groups in total. The van der Waals surface area contributed by atoms with Crippen molar-refractivity contribution in [2.45, 2.75) is 31.6 Å². The van der Waals surface area contributed by atoms with E-state index in [9.17, 15) is 0 Å². The molecule has 0 nitrogen and oxygen atoms in total. The summed E-state index contributed by atoms with van der Waals surface area (Å²) in [5.74, 6) is 0. The van der Waals surface area contributed by atoms with Crippen LogP contribution in [0.2, 0.25) is 19.1 Å². The van der Waals surface area contributed by atoms with Crippen LogP contribution >= 0.6 is 15.9 Å². The predicted octanol–water partition coefficient (Wildman–Crippen LogP) is 4.26. The minimum atomic E-state index is -0.995. The Bertz CT molecular complexity index is 256. The van der Waals surface area contributed by atoms with Crippen molar-refractivity contribution < 1.29 is 0 Å². The number of hydrogen-bond acceptors (Lipinski definition) is 0. The van der Waals surface area contributed by atoms with Gasteiger partial charge in [-0.3, -0.25) is 0 Å². The lowest BCUT2D eigenvalue weighted by Gasteiger charge is -2.21. The highest BCUT2D eigenvalue weighted by molar-refractivity contribution is 9.09. The Morgan fingerprint density at radius 1 is 1.14 bits per heavy atom. The third-order valence-corrected chi connectivity index (χ3v) is 6.15. The molecule has 1 aromatic rings. The van der Waals surface area contributed by atoms with E-state index in [0.717, 1.165) is 5.33 Å². The summed E-state index contributed by atoms with van der Waals surface area (Å²) in [6, 6.07) is 13.6. The van der Waals surface area contributed by atoms with Crippen molar-refractivity contribution >= 4 is 24.0 Å². The Kier molecular flexibility index (Phi) is 4.89. The van der Waals surface area contributed by atoms with E-state index in [2.05, 4.69) is 59.4 Å². The van der Waals surface area contributed by atoms with Crippen LogP contribution in [0, 0.1) is 0 Å². The zero-order chi connectivity index (χ0) is 10.4. The zero-order valence-corrected chi connectivity index (χ0v) is 11.7. The fourth-order valence-corrected chi connectivity index (χ4v) is 5.23. The number of rotatable bonds is 5. The molecule has 0 radical (unpaired) electrons. The van der Waals surface area contributed by atoms with Crippen LogP contribution in [-0.4, -0.2) is 13.4 Å². The van der Waals surface area contributed by atoms with E-state index >= 15 is 0 Å². The van der Waals surface area contributed by atoms with Crippen LogP contribution in [0.25, 0.3) is 0 Å². The van der Waals surface area contributed by atoms with E-state index in [1.54, 1.807) is 0 Å². The molecule has 0 heterocycles. The summed E-state index contributed by atoms with van der Waals surface area (Å²) in [5.41, 5.74) is 1.51. The Balaban J connectivity index is 2.50. The third-order valence-electron chi connectivity index (χ3n) is 2.51. The van der Waals surface area contributed by atoms with Crippen molar-refractivity contribution in [2.24, 2.45) is 0 Å². The summed E-state index contributed by atoms with van der Waals surface area (Å²) in [4.78, 5) is 0. The molecule has 0 aromatic heterocycles. The van der Waals surface area contributed by atoms with Gasteiger partial charge in [0.1, 0.15) is 0 Å². The molecule has 0 fully saturated rings. The van der Waals surface area contributed by atoms with E-state index in [4.69, 9.17) is 0 Å². The summed E-state index contributed by atoms with van der Waals surface area (Å²) < 4.78 is 0. The number of halogens is 1. The second-order valence-corrected chi connectivity index (χ2v) is 10.6. The maximum atomic E-state index is 3.51. The fourth-order valence-electron chi connectivity index (χ4n) is 1.78. The lowest BCUT2D eigenvalue weighted by Crippen LogP contribution is -2.29. The van der Waals surface area contributed by atoms with Crippen molar-refractivity contribution in [1.29, 1.82) is 0 Å². The molecule has 1 rings (SSSR count). The van der Waals surface area contributed by atoms with Crippen LogP contribution in [0.3, 0.4) is 0 Å². The Labute approximate surface area is 96.9 Å². The molecular formula is C12H19BrSi. The SMILES string of the molecule is C[Si](C)(CCCBr)Cc1ccccc1. The molecule has 0 atom stereocenters. The summed E-state index contributed by atoms with van der Waals surface area (Å²) in [7, 11) is -0.995. The predicted molar refractivity (Wildman–Crippen MR) is 70.8 cm³/mol. The largest absolute Gasteiger partial charge is 0.0928 e. The van der Waals surface area contributed by atoms with Crippen LogP contribution < -0.4 is 0 Å². The molecule has 0 aliphatic carbocycles. The molecule has 0 aliphatic rings. The van der Waals surface area contributed by atoms with E-state index in [-0.39, 0.29) is 0 Å². The standard InChI is InChI=1S/C12H19BrSi/c1-14(2,10-6-9-13)11-12-7-4-3-5-8-12/h3-5,7-8H,6,9-11H2,1-2H3. The van der Waals surface area contributed by atoms with Crippen molar-refractivity contribution in [3.8, 4) is 0 Å². The van der Waals surface area contributed by atoms with Gasteiger partial charge < -0.3 is 0 Å².